The smallest absolute Gasteiger partial charge is 0.265 e. The molecule has 4 rings (SSSR count). The number of hydrogen-bond acceptors (Lipinski definition) is 4. The Bertz CT molecular complexity index is 990. The second-order valence-electron chi connectivity index (χ2n) is 9.37. The Hall–Kier alpha value is -2.47. The lowest BCUT2D eigenvalue weighted by molar-refractivity contribution is -0.126. The fourth-order valence-corrected chi connectivity index (χ4v) is 5.94. The van der Waals surface area contributed by atoms with E-state index in [2.05, 4.69) is 16.4 Å². The molecule has 6 heteroatoms. The van der Waals surface area contributed by atoms with Gasteiger partial charge < -0.3 is 10.2 Å². The molecule has 1 fully saturated rings. The summed E-state index contributed by atoms with van der Waals surface area (Å²) in [6, 6.07) is 10.0. The van der Waals surface area contributed by atoms with Gasteiger partial charge in [0.2, 0.25) is 5.91 Å². The maximum absolute atomic E-state index is 13.2. The van der Waals surface area contributed by atoms with Crippen LogP contribution in [0.1, 0.15) is 67.2 Å². The average Bonchev–Trinajstić information content (AvgIpc) is 3.26. The Morgan fingerprint density at radius 1 is 1.18 bits per heavy atom. The van der Waals surface area contributed by atoms with E-state index in [-0.39, 0.29) is 17.7 Å². The first-order valence-electron chi connectivity index (χ1n) is 12.3. The zero-order valence-corrected chi connectivity index (χ0v) is 20.6. The van der Waals surface area contributed by atoms with Crippen LogP contribution in [0, 0.1) is 18.8 Å². The minimum Gasteiger partial charge on any atom is -0.356 e. The minimum absolute atomic E-state index is 0.0163. The van der Waals surface area contributed by atoms with Crippen LogP contribution in [0.4, 0.5) is 0 Å². The molecule has 1 N–H and O–H groups in total. The van der Waals surface area contributed by atoms with Crippen LogP contribution in [0.15, 0.2) is 42.0 Å². The minimum atomic E-state index is -0.0163. The van der Waals surface area contributed by atoms with Gasteiger partial charge in [-0.05, 0) is 57.8 Å². The molecule has 0 saturated carbocycles. The molecule has 1 atom stereocenters. The maximum Gasteiger partial charge on any atom is 0.265 e. The van der Waals surface area contributed by atoms with E-state index in [1.165, 1.54) is 42.6 Å². The van der Waals surface area contributed by atoms with Crippen molar-refractivity contribution in [2.45, 2.75) is 58.8 Å². The zero-order chi connectivity index (χ0) is 23.2. The van der Waals surface area contributed by atoms with E-state index >= 15 is 0 Å². The monoisotopic (exact) mass is 465 g/mol. The maximum atomic E-state index is 13.2. The molecule has 1 aliphatic carbocycles. The number of aryl methyl sites for hydroxylation is 1. The summed E-state index contributed by atoms with van der Waals surface area (Å²) in [6.07, 6.45) is 10.0. The number of hydrogen-bond donors (Lipinski definition) is 1. The molecule has 0 bridgehead atoms. The number of amides is 2. The third kappa shape index (κ3) is 5.91. The van der Waals surface area contributed by atoms with Crippen LogP contribution in [-0.2, 0) is 4.79 Å². The summed E-state index contributed by atoms with van der Waals surface area (Å²) in [7, 11) is 0. The average molecular weight is 466 g/mol. The lowest BCUT2D eigenvalue weighted by Crippen LogP contribution is -2.42. The van der Waals surface area contributed by atoms with Gasteiger partial charge in [0.25, 0.3) is 5.91 Å². The summed E-state index contributed by atoms with van der Waals surface area (Å²) in [5, 5.41) is 4.04. The quantitative estimate of drug-likeness (QED) is 0.540. The number of benzene rings is 1. The number of piperidine rings is 1. The van der Waals surface area contributed by atoms with Gasteiger partial charge in [-0.2, -0.15) is 0 Å². The highest BCUT2D eigenvalue weighted by atomic mass is 32.1. The number of carbonyl (C=O) groups excluding carboxylic acids is 2. The van der Waals surface area contributed by atoms with Gasteiger partial charge in [0.05, 0.1) is 5.69 Å². The molecule has 5 nitrogen and oxygen atoms in total. The van der Waals surface area contributed by atoms with E-state index in [9.17, 15) is 9.59 Å². The van der Waals surface area contributed by atoms with Gasteiger partial charge in [-0.3, -0.25) is 9.59 Å². The molecular formula is C27H35N3O2S. The normalized spacial score (nSPS) is 18.0. The van der Waals surface area contributed by atoms with E-state index in [1.807, 2.05) is 49.1 Å². The van der Waals surface area contributed by atoms with Gasteiger partial charge in [0, 0.05) is 31.1 Å². The van der Waals surface area contributed by atoms with E-state index in [0.29, 0.717) is 19.0 Å². The molecule has 2 aromatic rings. The topological polar surface area (TPSA) is 62.3 Å². The predicted octanol–water partition coefficient (Wildman–Crippen LogP) is 5.61. The van der Waals surface area contributed by atoms with Crippen LogP contribution in [0.25, 0.3) is 10.6 Å². The van der Waals surface area contributed by atoms with Crippen LogP contribution in [0.2, 0.25) is 0 Å². The largest absolute Gasteiger partial charge is 0.356 e. The molecule has 1 aromatic heterocycles. The molecule has 0 spiro atoms. The molecule has 1 aliphatic heterocycles. The van der Waals surface area contributed by atoms with Gasteiger partial charge >= 0.3 is 0 Å². The summed E-state index contributed by atoms with van der Waals surface area (Å²) >= 11 is 1.48. The Kier molecular flexibility index (Phi) is 7.97. The molecular weight excluding hydrogens is 430 g/mol. The van der Waals surface area contributed by atoms with E-state index in [0.717, 1.165) is 46.9 Å². The molecule has 176 valence electrons. The van der Waals surface area contributed by atoms with Crippen LogP contribution >= 0.6 is 11.3 Å². The second kappa shape index (κ2) is 11.1. The first-order chi connectivity index (χ1) is 16.0. The first kappa shape index (κ1) is 23.7. The number of aromatic nitrogens is 1. The van der Waals surface area contributed by atoms with Crippen molar-refractivity contribution in [3.63, 3.8) is 0 Å². The number of carbonyl (C=O) groups is 2. The number of thiazole rings is 1. The van der Waals surface area contributed by atoms with Crippen LogP contribution in [0.3, 0.4) is 0 Å². The van der Waals surface area contributed by atoms with Gasteiger partial charge in [0.1, 0.15) is 9.88 Å². The van der Waals surface area contributed by atoms with Crippen molar-refractivity contribution < 1.29 is 9.59 Å². The highest BCUT2D eigenvalue weighted by molar-refractivity contribution is 7.17. The molecule has 2 amide bonds. The van der Waals surface area contributed by atoms with Crippen molar-refractivity contribution in [3.8, 4) is 10.6 Å². The van der Waals surface area contributed by atoms with Crippen molar-refractivity contribution in [1.82, 2.24) is 15.2 Å². The summed E-state index contributed by atoms with van der Waals surface area (Å²) in [5.41, 5.74) is 3.34. The van der Waals surface area contributed by atoms with Crippen molar-refractivity contribution in [1.29, 1.82) is 0 Å². The lowest BCUT2D eigenvalue weighted by Gasteiger charge is -2.34. The third-order valence-corrected chi connectivity index (χ3v) is 8.28. The Morgan fingerprint density at radius 3 is 2.64 bits per heavy atom. The number of nitrogens with zero attached hydrogens (tertiary/aromatic N) is 2. The van der Waals surface area contributed by atoms with Crippen molar-refractivity contribution in [2.75, 3.05) is 19.6 Å². The van der Waals surface area contributed by atoms with Gasteiger partial charge in [0.15, 0.2) is 0 Å². The van der Waals surface area contributed by atoms with Crippen LogP contribution < -0.4 is 5.32 Å². The molecule has 2 heterocycles. The number of likely N-dealkylation sites (tertiary alicyclic amines) is 1. The van der Waals surface area contributed by atoms with E-state index < -0.39 is 0 Å². The van der Waals surface area contributed by atoms with Crippen LogP contribution in [0.5, 0.6) is 0 Å². The molecule has 1 saturated heterocycles. The van der Waals surface area contributed by atoms with Gasteiger partial charge in [-0.1, -0.05) is 48.9 Å². The SMILES string of the molecule is Cc1nc(-c2ccccc2)sc1C(=O)N1CCC([C@H](C)C(=O)NCCC2=CCCCC2)CC1. The fraction of sp³-hybridized carbons (Fsp3) is 0.519. The van der Waals surface area contributed by atoms with E-state index in [4.69, 9.17) is 0 Å². The summed E-state index contributed by atoms with van der Waals surface area (Å²) in [6.45, 7) is 6.09. The Morgan fingerprint density at radius 2 is 1.94 bits per heavy atom. The zero-order valence-electron chi connectivity index (χ0n) is 19.8. The summed E-state index contributed by atoms with van der Waals surface area (Å²) < 4.78 is 0. The summed E-state index contributed by atoms with van der Waals surface area (Å²) in [5.74, 6) is 0.535. The van der Waals surface area contributed by atoms with Gasteiger partial charge in [-0.25, -0.2) is 4.98 Å². The molecule has 33 heavy (non-hydrogen) atoms. The molecule has 1 aromatic carbocycles. The highest BCUT2D eigenvalue weighted by Crippen LogP contribution is 2.31. The predicted molar refractivity (Wildman–Crippen MR) is 134 cm³/mol. The lowest BCUT2D eigenvalue weighted by atomic mass is 9.84. The highest BCUT2D eigenvalue weighted by Gasteiger charge is 2.31. The third-order valence-electron chi connectivity index (χ3n) is 7.09. The number of nitrogens with one attached hydrogen (secondary N) is 1. The van der Waals surface area contributed by atoms with Crippen LogP contribution in [-0.4, -0.2) is 41.3 Å². The molecule has 0 unspecified atom stereocenters. The summed E-state index contributed by atoms with van der Waals surface area (Å²) in [4.78, 5) is 33.2. The fourth-order valence-electron chi connectivity index (χ4n) is 4.90. The van der Waals surface area contributed by atoms with Crippen molar-refractivity contribution in [2.24, 2.45) is 11.8 Å². The first-order valence-corrected chi connectivity index (χ1v) is 13.1. The molecule has 2 aliphatic rings. The Balaban J connectivity index is 1.27. The van der Waals surface area contributed by atoms with Gasteiger partial charge in [-0.15, -0.1) is 11.3 Å². The Labute approximate surface area is 201 Å². The van der Waals surface area contributed by atoms with Crippen molar-refractivity contribution >= 4 is 23.2 Å². The molecule has 0 radical (unpaired) electrons. The number of rotatable bonds is 7. The second-order valence-corrected chi connectivity index (χ2v) is 10.4. The standard InChI is InChI=1S/C27H35N3O2S/c1-19(25(31)28-16-13-21-9-5-3-6-10-21)22-14-17-30(18-15-22)27(32)24-20(2)29-26(33-24)23-11-7-4-8-12-23/h4,7-9,11-12,19,22H,3,5-6,10,13-18H2,1-2H3,(H,28,31)/t19-/m0/s1. The van der Waals surface area contributed by atoms with E-state index in [1.54, 1.807) is 0 Å². The number of allylic oxidation sites excluding steroid dienone is 1. The van der Waals surface area contributed by atoms with Crippen molar-refractivity contribution in [3.05, 3.63) is 52.6 Å².